The predicted molar refractivity (Wildman–Crippen MR) is 101 cm³/mol. The zero-order valence-corrected chi connectivity index (χ0v) is 15.3. The quantitative estimate of drug-likeness (QED) is 0.190. The van der Waals surface area contributed by atoms with Gasteiger partial charge in [0.1, 0.15) is 5.69 Å². The van der Waals surface area contributed by atoms with E-state index in [4.69, 9.17) is 5.21 Å². The van der Waals surface area contributed by atoms with Gasteiger partial charge in [0.2, 0.25) is 0 Å². The van der Waals surface area contributed by atoms with Crippen molar-refractivity contribution in [3.05, 3.63) is 47.4 Å². The van der Waals surface area contributed by atoms with E-state index in [9.17, 15) is 4.79 Å². The summed E-state index contributed by atoms with van der Waals surface area (Å²) in [5.74, 6) is 0.209. The Morgan fingerprint density at radius 2 is 2.20 bits per heavy atom. The Kier molecular flexibility index (Phi) is 8.52. The van der Waals surface area contributed by atoms with E-state index in [0.717, 1.165) is 41.2 Å². The van der Waals surface area contributed by atoms with Gasteiger partial charge in [-0.25, -0.2) is 5.48 Å². The molecule has 0 spiro atoms. The number of aryl methyl sites for hydroxylation is 1. The van der Waals surface area contributed by atoms with Crippen molar-refractivity contribution in [2.75, 3.05) is 20.1 Å². The Morgan fingerprint density at radius 1 is 1.48 bits per heavy atom. The summed E-state index contributed by atoms with van der Waals surface area (Å²) < 4.78 is 0. The minimum Gasteiger partial charge on any atom is -0.348 e. The van der Waals surface area contributed by atoms with Crippen LogP contribution in [0.25, 0.3) is 5.57 Å². The number of hydroxylamine groups is 1. The van der Waals surface area contributed by atoms with Gasteiger partial charge >= 0.3 is 0 Å². The maximum absolute atomic E-state index is 11.6. The number of hydrogen-bond donors (Lipinski definition) is 4. The SMILES string of the molecule is C=C(CCNC/C(=C/C)c1cc(C(=O)NO)ncc1C)NC(C)=NC. The van der Waals surface area contributed by atoms with Crippen LogP contribution in [0.4, 0.5) is 0 Å². The van der Waals surface area contributed by atoms with Crippen molar-refractivity contribution in [1.29, 1.82) is 0 Å². The molecule has 0 aliphatic carbocycles. The van der Waals surface area contributed by atoms with Crippen LogP contribution in [0.2, 0.25) is 0 Å². The molecule has 1 amide bonds. The summed E-state index contributed by atoms with van der Waals surface area (Å²) in [5, 5.41) is 15.3. The van der Waals surface area contributed by atoms with Crippen molar-refractivity contribution in [3.8, 4) is 0 Å². The number of allylic oxidation sites excluding steroid dienone is 1. The van der Waals surface area contributed by atoms with Crippen LogP contribution in [-0.4, -0.2) is 42.1 Å². The number of aromatic nitrogens is 1. The topological polar surface area (TPSA) is 98.6 Å². The monoisotopic (exact) mass is 345 g/mol. The van der Waals surface area contributed by atoms with E-state index in [1.54, 1.807) is 24.8 Å². The van der Waals surface area contributed by atoms with Crippen molar-refractivity contribution < 1.29 is 10.0 Å². The summed E-state index contributed by atoms with van der Waals surface area (Å²) in [5.41, 5.74) is 5.63. The predicted octanol–water partition coefficient (Wildman–Crippen LogP) is 2.04. The third-order valence-electron chi connectivity index (χ3n) is 3.74. The van der Waals surface area contributed by atoms with Crippen LogP contribution in [-0.2, 0) is 0 Å². The molecule has 0 unspecified atom stereocenters. The van der Waals surface area contributed by atoms with Gasteiger partial charge in [0.15, 0.2) is 0 Å². The lowest BCUT2D eigenvalue weighted by Gasteiger charge is -2.14. The van der Waals surface area contributed by atoms with Crippen LogP contribution in [0, 0.1) is 6.92 Å². The van der Waals surface area contributed by atoms with Crippen molar-refractivity contribution >= 4 is 17.3 Å². The Hall–Kier alpha value is -2.51. The molecule has 136 valence electrons. The molecule has 1 heterocycles. The molecule has 0 saturated carbocycles. The molecule has 0 bridgehead atoms. The Balaban J connectivity index is 2.66. The van der Waals surface area contributed by atoms with Crippen LogP contribution in [0.1, 0.15) is 41.9 Å². The maximum Gasteiger partial charge on any atom is 0.293 e. The van der Waals surface area contributed by atoms with Gasteiger partial charge in [0.05, 0.1) is 5.84 Å². The molecule has 1 aromatic rings. The average Bonchev–Trinajstić information content (AvgIpc) is 2.61. The zero-order chi connectivity index (χ0) is 18.8. The molecule has 25 heavy (non-hydrogen) atoms. The molecule has 4 N–H and O–H groups in total. The second kappa shape index (κ2) is 10.4. The van der Waals surface area contributed by atoms with Crippen LogP contribution < -0.4 is 16.1 Å². The largest absolute Gasteiger partial charge is 0.348 e. The van der Waals surface area contributed by atoms with Crippen LogP contribution in [0.5, 0.6) is 0 Å². The highest BCUT2D eigenvalue weighted by Crippen LogP contribution is 2.18. The fraction of sp³-hybridized carbons (Fsp3) is 0.389. The number of pyridine rings is 1. The number of amides is 1. The number of nitrogens with zero attached hydrogens (tertiary/aromatic N) is 2. The van der Waals surface area contributed by atoms with E-state index in [0.29, 0.717) is 6.54 Å². The second-order valence-electron chi connectivity index (χ2n) is 5.60. The fourth-order valence-corrected chi connectivity index (χ4v) is 2.24. The number of carbonyl (C=O) groups excluding carboxylic acids is 1. The summed E-state index contributed by atoms with van der Waals surface area (Å²) in [6, 6.07) is 1.68. The Bertz CT molecular complexity index is 680. The molecule has 7 nitrogen and oxygen atoms in total. The molecule has 1 aromatic heterocycles. The first-order valence-corrected chi connectivity index (χ1v) is 8.08. The van der Waals surface area contributed by atoms with Gasteiger partial charge in [-0.2, -0.15) is 0 Å². The van der Waals surface area contributed by atoms with E-state index >= 15 is 0 Å². The lowest BCUT2D eigenvalue weighted by Crippen LogP contribution is -2.24. The maximum atomic E-state index is 11.6. The number of rotatable bonds is 8. The molecule has 0 atom stereocenters. The Labute approximate surface area is 148 Å². The minimum absolute atomic E-state index is 0.175. The van der Waals surface area contributed by atoms with Gasteiger partial charge in [0, 0.05) is 32.0 Å². The lowest BCUT2D eigenvalue weighted by atomic mass is 10.0. The smallest absolute Gasteiger partial charge is 0.293 e. The average molecular weight is 345 g/mol. The Morgan fingerprint density at radius 3 is 2.80 bits per heavy atom. The number of nitrogens with one attached hydrogen (secondary N) is 3. The van der Waals surface area contributed by atoms with E-state index in [1.165, 1.54) is 0 Å². The summed E-state index contributed by atoms with van der Waals surface area (Å²) in [4.78, 5) is 19.6. The molecule has 0 saturated heterocycles. The van der Waals surface area contributed by atoms with E-state index < -0.39 is 5.91 Å². The minimum atomic E-state index is -0.625. The highest BCUT2D eigenvalue weighted by molar-refractivity contribution is 5.92. The van der Waals surface area contributed by atoms with Crippen molar-refractivity contribution in [2.24, 2.45) is 4.99 Å². The fourth-order valence-electron chi connectivity index (χ4n) is 2.24. The first-order valence-electron chi connectivity index (χ1n) is 8.08. The van der Waals surface area contributed by atoms with Gasteiger partial charge in [-0.1, -0.05) is 12.7 Å². The summed E-state index contributed by atoms with van der Waals surface area (Å²) in [6.45, 7) is 11.2. The molecule has 0 fully saturated rings. The van der Waals surface area contributed by atoms with E-state index in [-0.39, 0.29) is 5.69 Å². The summed E-state index contributed by atoms with van der Waals surface area (Å²) >= 11 is 0. The number of aliphatic imine (C=N–C) groups is 1. The standard InChI is InChI=1S/C18H27N5O2/c1-6-15(11-20-8-7-13(3)22-14(4)19-5)16-9-17(18(24)23-25)21-10-12(16)2/h6,9-10,20,25H,3,7-8,11H2,1-2,4-5H3,(H,19,22)(H,23,24)/b15-6-. The van der Waals surface area contributed by atoms with Crippen molar-refractivity contribution in [2.45, 2.75) is 27.2 Å². The number of hydrogen-bond acceptors (Lipinski definition) is 5. The number of carbonyl (C=O) groups is 1. The highest BCUT2D eigenvalue weighted by Gasteiger charge is 2.11. The second-order valence-corrected chi connectivity index (χ2v) is 5.60. The first-order chi connectivity index (χ1) is 11.9. The third kappa shape index (κ3) is 6.48. The molecular weight excluding hydrogens is 318 g/mol. The lowest BCUT2D eigenvalue weighted by molar-refractivity contribution is 0.0700. The van der Waals surface area contributed by atoms with Crippen molar-refractivity contribution in [1.82, 2.24) is 21.1 Å². The highest BCUT2D eigenvalue weighted by atomic mass is 16.5. The van der Waals surface area contributed by atoms with Crippen LogP contribution >= 0.6 is 0 Å². The van der Waals surface area contributed by atoms with Crippen LogP contribution in [0.3, 0.4) is 0 Å². The molecule has 0 radical (unpaired) electrons. The molecule has 7 heteroatoms. The summed E-state index contributed by atoms with van der Waals surface area (Å²) in [6.07, 6.45) is 4.40. The van der Waals surface area contributed by atoms with E-state index in [2.05, 4.69) is 27.2 Å². The van der Waals surface area contributed by atoms with Gasteiger partial charge < -0.3 is 10.6 Å². The molecular formula is C18H27N5O2. The molecule has 0 aromatic carbocycles. The van der Waals surface area contributed by atoms with E-state index in [1.807, 2.05) is 26.8 Å². The van der Waals surface area contributed by atoms with Gasteiger partial charge in [-0.15, -0.1) is 0 Å². The zero-order valence-electron chi connectivity index (χ0n) is 15.3. The normalized spacial score (nSPS) is 12.0. The first kappa shape index (κ1) is 20.5. The molecule has 0 aliphatic heterocycles. The van der Waals surface area contributed by atoms with Crippen molar-refractivity contribution in [3.63, 3.8) is 0 Å². The van der Waals surface area contributed by atoms with Gasteiger partial charge in [-0.05, 0) is 50.0 Å². The van der Waals surface area contributed by atoms with Gasteiger partial charge in [-0.3, -0.25) is 20.0 Å². The number of amidine groups is 1. The molecule has 0 aliphatic rings. The third-order valence-corrected chi connectivity index (χ3v) is 3.74. The molecule has 1 rings (SSSR count). The summed E-state index contributed by atoms with van der Waals surface area (Å²) in [7, 11) is 1.73. The van der Waals surface area contributed by atoms with Gasteiger partial charge in [0.25, 0.3) is 5.91 Å². The van der Waals surface area contributed by atoms with Crippen LogP contribution in [0.15, 0.2) is 35.6 Å².